The summed E-state index contributed by atoms with van der Waals surface area (Å²) < 4.78 is 0. The molecule has 0 unspecified atom stereocenters. The van der Waals surface area contributed by atoms with Crippen LogP contribution in [0.15, 0.2) is 18.2 Å². The Balaban J connectivity index is 2.52. The van der Waals surface area contributed by atoms with Crippen LogP contribution >= 0.6 is 11.6 Å². The minimum absolute atomic E-state index is 0.420. The van der Waals surface area contributed by atoms with E-state index in [1.807, 2.05) is 0 Å². The molecule has 1 aromatic rings. The van der Waals surface area contributed by atoms with Crippen LogP contribution in [0, 0.1) is 0 Å². The summed E-state index contributed by atoms with van der Waals surface area (Å²) in [5, 5.41) is 10.1. The summed E-state index contributed by atoms with van der Waals surface area (Å²) in [4.78, 5) is 11.8. The van der Waals surface area contributed by atoms with Crippen LogP contribution in [0.25, 0.3) is 0 Å². The van der Waals surface area contributed by atoms with Crippen molar-refractivity contribution in [2.45, 2.75) is 43.9 Å². The molecule has 1 fully saturated rings. The smallest absolute Gasteiger partial charge is 0.314 e. The third-order valence-corrected chi connectivity index (χ3v) is 4.26. The summed E-state index contributed by atoms with van der Waals surface area (Å²) in [7, 11) is 0. The maximum Gasteiger partial charge on any atom is 0.314 e. The Morgan fingerprint density at radius 2 is 1.83 bits per heavy atom. The molecule has 0 amide bonds. The van der Waals surface area contributed by atoms with Gasteiger partial charge in [0.25, 0.3) is 0 Å². The molecule has 3 N–H and O–H groups in total. The van der Waals surface area contributed by atoms with Crippen LogP contribution in [0.1, 0.15) is 44.1 Å². The third-order valence-electron chi connectivity index (χ3n) is 3.93. The van der Waals surface area contributed by atoms with Gasteiger partial charge in [-0.2, -0.15) is 0 Å². The molecule has 1 aromatic carbocycles. The standard InChI is InChI=1S/C14H18ClNO2/c15-11-7-5-6-10(12(11)16)14(13(17)18)8-3-1-2-4-9-14/h5-7H,1-4,8-9,16H2,(H,17,18). The fourth-order valence-electron chi connectivity index (χ4n) is 2.88. The Labute approximate surface area is 112 Å². The first-order valence-corrected chi connectivity index (χ1v) is 6.73. The average Bonchev–Trinajstić information content (AvgIpc) is 2.59. The van der Waals surface area contributed by atoms with Gasteiger partial charge < -0.3 is 10.8 Å². The number of hydrogen-bond donors (Lipinski definition) is 2. The third kappa shape index (κ3) is 2.19. The molecule has 4 heteroatoms. The molecule has 1 saturated carbocycles. The second kappa shape index (κ2) is 5.19. The molecule has 18 heavy (non-hydrogen) atoms. The summed E-state index contributed by atoms with van der Waals surface area (Å²) in [6.45, 7) is 0. The highest BCUT2D eigenvalue weighted by atomic mass is 35.5. The number of carboxylic acids is 1. The van der Waals surface area contributed by atoms with E-state index in [4.69, 9.17) is 17.3 Å². The summed E-state index contributed by atoms with van der Waals surface area (Å²) in [5.74, 6) is -0.779. The van der Waals surface area contributed by atoms with Gasteiger partial charge in [-0.1, -0.05) is 49.4 Å². The van der Waals surface area contributed by atoms with E-state index in [1.165, 1.54) is 0 Å². The Bertz CT molecular complexity index is 451. The van der Waals surface area contributed by atoms with Gasteiger partial charge in [0.1, 0.15) is 0 Å². The SMILES string of the molecule is Nc1c(Cl)cccc1C1(C(=O)O)CCCCCC1. The van der Waals surface area contributed by atoms with Crippen LogP contribution < -0.4 is 5.73 Å². The molecule has 98 valence electrons. The first kappa shape index (κ1) is 13.2. The lowest BCUT2D eigenvalue weighted by Gasteiger charge is -2.30. The molecule has 0 spiro atoms. The van der Waals surface area contributed by atoms with Crippen LogP contribution in [-0.4, -0.2) is 11.1 Å². The van der Waals surface area contributed by atoms with Gasteiger partial charge in [0.2, 0.25) is 0 Å². The molecule has 1 aliphatic carbocycles. The zero-order chi connectivity index (χ0) is 13.2. The van der Waals surface area contributed by atoms with Gasteiger partial charge >= 0.3 is 5.97 Å². The molecule has 0 aliphatic heterocycles. The van der Waals surface area contributed by atoms with E-state index in [9.17, 15) is 9.90 Å². The van der Waals surface area contributed by atoms with Crippen molar-refractivity contribution in [1.82, 2.24) is 0 Å². The van der Waals surface area contributed by atoms with Gasteiger partial charge in [0.15, 0.2) is 0 Å². The van der Waals surface area contributed by atoms with Crippen molar-refractivity contribution in [2.24, 2.45) is 0 Å². The zero-order valence-electron chi connectivity index (χ0n) is 10.3. The quantitative estimate of drug-likeness (QED) is 0.636. The lowest BCUT2D eigenvalue weighted by atomic mass is 9.73. The summed E-state index contributed by atoms with van der Waals surface area (Å²) in [6.07, 6.45) is 5.33. The van der Waals surface area contributed by atoms with Crippen molar-refractivity contribution in [3.63, 3.8) is 0 Å². The molecule has 0 atom stereocenters. The van der Waals surface area contributed by atoms with Crippen molar-refractivity contribution in [2.75, 3.05) is 5.73 Å². The lowest BCUT2D eigenvalue weighted by molar-refractivity contribution is -0.144. The predicted molar refractivity (Wildman–Crippen MR) is 72.9 cm³/mol. The van der Waals surface area contributed by atoms with Crippen molar-refractivity contribution in [1.29, 1.82) is 0 Å². The molecule has 0 saturated heterocycles. The number of carboxylic acid groups (broad SMARTS) is 1. The van der Waals surface area contributed by atoms with E-state index >= 15 is 0 Å². The van der Waals surface area contributed by atoms with Crippen molar-refractivity contribution < 1.29 is 9.90 Å². The summed E-state index contributed by atoms with van der Waals surface area (Å²) in [6, 6.07) is 5.29. The number of para-hydroxylation sites is 1. The summed E-state index contributed by atoms with van der Waals surface area (Å²) in [5.41, 5.74) is 6.24. The fraction of sp³-hybridized carbons (Fsp3) is 0.500. The number of nitrogens with two attached hydrogens (primary N) is 1. The Morgan fingerprint density at radius 1 is 1.22 bits per heavy atom. The van der Waals surface area contributed by atoms with E-state index in [-0.39, 0.29) is 0 Å². The first-order chi connectivity index (χ1) is 8.58. The van der Waals surface area contributed by atoms with Gasteiger partial charge in [-0.15, -0.1) is 0 Å². The Hall–Kier alpha value is -1.22. The molecular weight excluding hydrogens is 250 g/mol. The molecule has 3 nitrogen and oxygen atoms in total. The van der Waals surface area contributed by atoms with E-state index in [1.54, 1.807) is 18.2 Å². The number of carbonyl (C=O) groups is 1. The van der Waals surface area contributed by atoms with E-state index in [0.29, 0.717) is 29.1 Å². The monoisotopic (exact) mass is 267 g/mol. The van der Waals surface area contributed by atoms with Gasteiger partial charge in [0, 0.05) is 0 Å². The molecular formula is C14H18ClNO2. The van der Waals surface area contributed by atoms with Crippen LogP contribution in [0.2, 0.25) is 5.02 Å². The number of benzene rings is 1. The lowest BCUT2D eigenvalue weighted by Crippen LogP contribution is -2.36. The number of nitrogen functional groups attached to an aromatic ring is 1. The second-order valence-corrected chi connectivity index (χ2v) is 5.41. The fourth-order valence-corrected chi connectivity index (χ4v) is 3.06. The Kier molecular flexibility index (Phi) is 3.81. The maximum atomic E-state index is 11.8. The van der Waals surface area contributed by atoms with Crippen molar-refractivity contribution in [3.8, 4) is 0 Å². The van der Waals surface area contributed by atoms with Crippen LogP contribution in [0.3, 0.4) is 0 Å². The van der Waals surface area contributed by atoms with Crippen LogP contribution in [0.4, 0.5) is 5.69 Å². The molecule has 0 aromatic heterocycles. The van der Waals surface area contributed by atoms with Gasteiger partial charge in [-0.3, -0.25) is 4.79 Å². The van der Waals surface area contributed by atoms with Crippen LogP contribution in [0.5, 0.6) is 0 Å². The van der Waals surface area contributed by atoms with Gasteiger partial charge in [0.05, 0.1) is 16.1 Å². The largest absolute Gasteiger partial charge is 0.481 e. The maximum absolute atomic E-state index is 11.8. The van der Waals surface area contributed by atoms with Crippen molar-refractivity contribution in [3.05, 3.63) is 28.8 Å². The molecule has 0 heterocycles. The van der Waals surface area contributed by atoms with Gasteiger partial charge in [-0.05, 0) is 24.5 Å². The molecule has 2 rings (SSSR count). The van der Waals surface area contributed by atoms with Crippen molar-refractivity contribution >= 4 is 23.3 Å². The summed E-state index contributed by atoms with van der Waals surface area (Å²) >= 11 is 6.02. The van der Waals surface area contributed by atoms with Crippen LogP contribution in [-0.2, 0) is 10.2 Å². The second-order valence-electron chi connectivity index (χ2n) is 5.00. The number of halogens is 1. The first-order valence-electron chi connectivity index (χ1n) is 6.36. The zero-order valence-corrected chi connectivity index (χ0v) is 11.0. The number of rotatable bonds is 2. The van der Waals surface area contributed by atoms with E-state index < -0.39 is 11.4 Å². The predicted octanol–water partition coefficient (Wildman–Crippen LogP) is 3.60. The molecule has 0 radical (unpaired) electrons. The topological polar surface area (TPSA) is 63.3 Å². The Morgan fingerprint density at radius 3 is 2.39 bits per heavy atom. The highest BCUT2D eigenvalue weighted by molar-refractivity contribution is 6.33. The number of aliphatic carboxylic acids is 1. The minimum atomic E-state index is -0.856. The molecule has 0 bridgehead atoms. The average molecular weight is 268 g/mol. The van der Waals surface area contributed by atoms with E-state index in [2.05, 4.69) is 0 Å². The highest BCUT2D eigenvalue weighted by Crippen LogP contribution is 2.42. The molecule has 1 aliphatic rings. The highest BCUT2D eigenvalue weighted by Gasteiger charge is 2.41. The normalized spacial score (nSPS) is 19.2. The minimum Gasteiger partial charge on any atom is -0.481 e. The number of hydrogen-bond acceptors (Lipinski definition) is 2. The van der Waals surface area contributed by atoms with Gasteiger partial charge in [-0.25, -0.2) is 0 Å². The number of anilines is 1. The van der Waals surface area contributed by atoms with E-state index in [0.717, 1.165) is 25.7 Å².